The van der Waals surface area contributed by atoms with E-state index >= 15 is 0 Å². The number of likely N-dealkylation sites (N-methyl/N-ethyl adjacent to an activating group) is 1. The Morgan fingerprint density at radius 2 is 1.95 bits per heavy atom. The molecule has 1 aliphatic rings. The summed E-state index contributed by atoms with van der Waals surface area (Å²) in [6, 6.07) is 4.58. The quantitative estimate of drug-likeness (QED) is 0.907. The summed E-state index contributed by atoms with van der Waals surface area (Å²) in [7, 11) is 2.02. The fourth-order valence-corrected chi connectivity index (χ4v) is 2.62. The summed E-state index contributed by atoms with van der Waals surface area (Å²) in [5, 5.41) is 3.36. The smallest absolute Gasteiger partial charge is 0.213 e. The number of aromatic nitrogens is 1. The van der Waals surface area contributed by atoms with Gasteiger partial charge in [-0.1, -0.05) is 33.3 Å². The van der Waals surface area contributed by atoms with Crippen LogP contribution in [0.5, 0.6) is 5.88 Å². The van der Waals surface area contributed by atoms with E-state index in [-0.39, 0.29) is 11.5 Å². The standard InChI is InChI=1S/C16H26N2O/c1-16(2,3)12-9-10-15(18-11-12)19-14-8-6-5-7-13(14)17-4/h9-11,13-14,17H,5-8H2,1-4H3. The summed E-state index contributed by atoms with van der Waals surface area (Å²) in [6.45, 7) is 6.59. The molecule has 2 unspecified atom stereocenters. The van der Waals surface area contributed by atoms with Gasteiger partial charge >= 0.3 is 0 Å². The van der Waals surface area contributed by atoms with Crippen molar-refractivity contribution in [2.45, 2.75) is 64.0 Å². The average molecular weight is 262 g/mol. The Hall–Kier alpha value is -1.09. The molecule has 3 nitrogen and oxygen atoms in total. The number of pyridine rings is 1. The lowest BCUT2D eigenvalue weighted by Crippen LogP contribution is -2.43. The molecule has 0 aromatic carbocycles. The van der Waals surface area contributed by atoms with Gasteiger partial charge in [0.1, 0.15) is 6.10 Å². The Kier molecular flexibility index (Phi) is 4.46. The van der Waals surface area contributed by atoms with E-state index in [4.69, 9.17) is 4.74 Å². The molecule has 2 atom stereocenters. The molecule has 106 valence electrons. The fourth-order valence-electron chi connectivity index (χ4n) is 2.62. The third kappa shape index (κ3) is 3.69. The van der Waals surface area contributed by atoms with E-state index in [0.717, 1.165) is 12.3 Å². The fraction of sp³-hybridized carbons (Fsp3) is 0.688. The minimum atomic E-state index is 0.143. The molecule has 0 radical (unpaired) electrons. The van der Waals surface area contributed by atoms with Gasteiger partial charge in [0, 0.05) is 18.3 Å². The number of hydrogen-bond acceptors (Lipinski definition) is 3. The molecule has 1 aliphatic carbocycles. The second kappa shape index (κ2) is 5.91. The number of nitrogens with zero attached hydrogens (tertiary/aromatic N) is 1. The van der Waals surface area contributed by atoms with Crippen LogP contribution in [-0.2, 0) is 5.41 Å². The molecule has 0 bridgehead atoms. The maximum atomic E-state index is 6.05. The minimum absolute atomic E-state index is 0.143. The van der Waals surface area contributed by atoms with Crippen LogP contribution in [0.25, 0.3) is 0 Å². The van der Waals surface area contributed by atoms with Crippen molar-refractivity contribution in [2.75, 3.05) is 7.05 Å². The summed E-state index contributed by atoms with van der Waals surface area (Å²) in [4.78, 5) is 4.46. The Morgan fingerprint density at radius 3 is 2.53 bits per heavy atom. The lowest BCUT2D eigenvalue weighted by Gasteiger charge is -2.31. The van der Waals surface area contributed by atoms with Gasteiger partial charge in [0.2, 0.25) is 5.88 Å². The zero-order valence-electron chi connectivity index (χ0n) is 12.6. The normalized spacial score (nSPS) is 24.2. The van der Waals surface area contributed by atoms with Gasteiger partial charge in [0.25, 0.3) is 0 Å². The van der Waals surface area contributed by atoms with Crippen LogP contribution < -0.4 is 10.1 Å². The first-order chi connectivity index (χ1) is 9.00. The second-order valence-corrected chi connectivity index (χ2v) is 6.47. The summed E-state index contributed by atoms with van der Waals surface area (Å²) >= 11 is 0. The predicted octanol–water partition coefficient (Wildman–Crippen LogP) is 3.29. The van der Waals surface area contributed by atoms with E-state index in [0.29, 0.717) is 6.04 Å². The van der Waals surface area contributed by atoms with Crippen molar-refractivity contribution in [1.82, 2.24) is 10.3 Å². The van der Waals surface area contributed by atoms with Crippen molar-refractivity contribution in [3.8, 4) is 5.88 Å². The van der Waals surface area contributed by atoms with Gasteiger partial charge in [-0.2, -0.15) is 0 Å². The van der Waals surface area contributed by atoms with Crippen molar-refractivity contribution in [2.24, 2.45) is 0 Å². The molecule has 0 aliphatic heterocycles. The largest absolute Gasteiger partial charge is 0.473 e. The first-order valence-corrected chi connectivity index (χ1v) is 7.31. The highest BCUT2D eigenvalue weighted by molar-refractivity contribution is 5.23. The first kappa shape index (κ1) is 14.3. The van der Waals surface area contributed by atoms with Gasteiger partial charge < -0.3 is 10.1 Å². The molecule has 1 fully saturated rings. The van der Waals surface area contributed by atoms with Crippen molar-refractivity contribution in [3.63, 3.8) is 0 Å². The molecular weight excluding hydrogens is 236 g/mol. The second-order valence-electron chi connectivity index (χ2n) is 6.47. The van der Waals surface area contributed by atoms with Crippen LogP contribution in [-0.4, -0.2) is 24.2 Å². The number of hydrogen-bond donors (Lipinski definition) is 1. The molecule has 0 spiro atoms. The lowest BCUT2D eigenvalue weighted by atomic mass is 9.88. The summed E-state index contributed by atoms with van der Waals surface area (Å²) in [6.07, 6.45) is 7.05. The van der Waals surface area contributed by atoms with E-state index in [9.17, 15) is 0 Å². The molecule has 1 aromatic rings. The minimum Gasteiger partial charge on any atom is -0.473 e. The summed E-state index contributed by atoms with van der Waals surface area (Å²) in [5.41, 5.74) is 1.39. The van der Waals surface area contributed by atoms with Crippen LogP contribution in [0, 0.1) is 0 Å². The highest BCUT2D eigenvalue weighted by Gasteiger charge is 2.25. The predicted molar refractivity (Wildman–Crippen MR) is 78.7 cm³/mol. The Balaban J connectivity index is 2.02. The molecule has 0 saturated heterocycles. The van der Waals surface area contributed by atoms with Crippen molar-refractivity contribution in [1.29, 1.82) is 0 Å². The van der Waals surface area contributed by atoms with Crippen LogP contribution in [0.15, 0.2) is 18.3 Å². The Morgan fingerprint density at radius 1 is 1.21 bits per heavy atom. The summed E-state index contributed by atoms with van der Waals surface area (Å²) < 4.78 is 6.05. The number of rotatable bonds is 3. The van der Waals surface area contributed by atoms with E-state index in [2.05, 4.69) is 37.1 Å². The third-order valence-electron chi connectivity index (χ3n) is 3.95. The van der Waals surface area contributed by atoms with Crippen molar-refractivity contribution >= 4 is 0 Å². The van der Waals surface area contributed by atoms with Crippen LogP contribution in [0.3, 0.4) is 0 Å². The van der Waals surface area contributed by atoms with E-state index in [1.807, 2.05) is 19.3 Å². The summed E-state index contributed by atoms with van der Waals surface area (Å²) in [5.74, 6) is 0.750. The average Bonchev–Trinajstić information content (AvgIpc) is 2.39. The first-order valence-electron chi connectivity index (χ1n) is 7.31. The van der Waals surface area contributed by atoms with Crippen molar-refractivity contribution in [3.05, 3.63) is 23.9 Å². The monoisotopic (exact) mass is 262 g/mol. The lowest BCUT2D eigenvalue weighted by molar-refractivity contribution is 0.113. The number of ether oxygens (including phenoxy) is 1. The molecule has 19 heavy (non-hydrogen) atoms. The topological polar surface area (TPSA) is 34.1 Å². The van der Waals surface area contributed by atoms with Gasteiger partial charge in [-0.15, -0.1) is 0 Å². The Labute approximate surface area is 116 Å². The molecule has 1 N–H and O–H groups in total. The molecule has 1 saturated carbocycles. The van der Waals surface area contributed by atoms with E-state index in [1.165, 1.54) is 24.8 Å². The highest BCUT2D eigenvalue weighted by atomic mass is 16.5. The van der Waals surface area contributed by atoms with Crippen LogP contribution in [0.4, 0.5) is 0 Å². The van der Waals surface area contributed by atoms with Gasteiger partial charge in [0.15, 0.2) is 0 Å². The van der Waals surface area contributed by atoms with Gasteiger partial charge in [-0.25, -0.2) is 4.98 Å². The molecule has 1 heterocycles. The molecule has 2 rings (SSSR count). The van der Waals surface area contributed by atoms with Crippen molar-refractivity contribution < 1.29 is 4.74 Å². The van der Waals surface area contributed by atoms with Crippen LogP contribution >= 0.6 is 0 Å². The van der Waals surface area contributed by atoms with Gasteiger partial charge in [0.05, 0.1) is 0 Å². The van der Waals surface area contributed by atoms with E-state index < -0.39 is 0 Å². The highest BCUT2D eigenvalue weighted by Crippen LogP contribution is 2.25. The van der Waals surface area contributed by atoms with Gasteiger partial charge in [-0.05, 0) is 37.3 Å². The zero-order valence-corrected chi connectivity index (χ0v) is 12.6. The molecular formula is C16H26N2O. The molecule has 0 amide bonds. The SMILES string of the molecule is CNC1CCCCC1Oc1ccc(C(C)(C)C)cn1. The maximum Gasteiger partial charge on any atom is 0.213 e. The maximum absolute atomic E-state index is 6.05. The van der Waals surface area contributed by atoms with Gasteiger partial charge in [-0.3, -0.25) is 0 Å². The zero-order chi connectivity index (χ0) is 13.9. The molecule has 1 aromatic heterocycles. The number of nitrogens with one attached hydrogen (secondary N) is 1. The van der Waals surface area contributed by atoms with Crippen LogP contribution in [0.2, 0.25) is 0 Å². The molecule has 3 heteroatoms. The third-order valence-corrected chi connectivity index (χ3v) is 3.95. The van der Waals surface area contributed by atoms with Crippen LogP contribution in [0.1, 0.15) is 52.0 Å². The Bertz CT molecular complexity index is 394. The van der Waals surface area contributed by atoms with E-state index in [1.54, 1.807) is 0 Å².